The molecule has 1 unspecified atom stereocenters. The molecule has 4 rings (SSSR count). The van der Waals surface area contributed by atoms with E-state index in [-0.39, 0.29) is 37.5 Å². The van der Waals surface area contributed by atoms with Crippen LogP contribution in [0.15, 0.2) is 48.5 Å². The number of amides is 2. The molecule has 2 amide bonds. The zero-order chi connectivity index (χ0) is 24.5. The van der Waals surface area contributed by atoms with Gasteiger partial charge < -0.3 is 24.8 Å². The summed E-state index contributed by atoms with van der Waals surface area (Å²) >= 11 is 0. The molecule has 1 heterocycles. The number of carbonyl (C=O) groups excluding carboxylic acids is 2. The predicted octanol–water partition coefficient (Wildman–Crippen LogP) is 3.11. The van der Waals surface area contributed by atoms with Crippen molar-refractivity contribution in [3.8, 4) is 11.1 Å². The van der Waals surface area contributed by atoms with Crippen LogP contribution in [0.4, 0.5) is 4.79 Å². The van der Waals surface area contributed by atoms with E-state index in [1.165, 1.54) is 12.0 Å². The molecule has 1 saturated heterocycles. The number of carboxylic acid groups (broad SMARTS) is 1. The molecule has 0 aromatic heterocycles. The molecule has 8 heteroatoms. The Labute approximate surface area is 198 Å². The molecule has 34 heavy (non-hydrogen) atoms. The highest BCUT2D eigenvalue weighted by Gasteiger charge is 2.48. The first-order valence-electron chi connectivity index (χ1n) is 11.4. The number of methoxy groups -OCH3 is 1. The SMILES string of the molecule is COCC(NC(=O)OCC1c2ccccc2-c2ccccc21)C(=O)N1C[C@@H](C)[C@](C)(C(=O)O)C1. The van der Waals surface area contributed by atoms with E-state index in [0.717, 1.165) is 22.3 Å². The molecule has 8 nitrogen and oxygen atoms in total. The lowest BCUT2D eigenvalue weighted by Gasteiger charge is -2.25. The van der Waals surface area contributed by atoms with Gasteiger partial charge in [0.2, 0.25) is 5.91 Å². The molecule has 3 atom stereocenters. The summed E-state index contributed by atoms with van der Waals surface area (Å²) in [6, 6.07) is 15.1. The standard InChI is InChI=1S/C26H30N2O6/c1-16-12-28(15-26(16,2)24(30)31)23(29)22(14-33-3)27-25(32)34-13-21-19-10-6-4-8-17(19)18-9-5-7-11-20(18)21/h4-11,16,21-22H,12-15H2,1-3H3,(H,27,32)(H,30,31)/t16-,22?,26-/m1/s1. The second-order valence-corrected chi connectivity index (χ2v) is 9.32. The number of benzene rings is 2. The van der Waals surface area contributed by atoms with Crippen molar-refractivity contribution in [1.82, 2.24) is 10.2 Å². The van der Waals surface area contributed by atoms with Crippen molar-refractivity contribution in [3.05, 3.63) is 59.7 Å². The summed E-state index contributed by atoms with van der Waals surface area (Å²) in [5.41, 5.74) is 3.42. The fourth-order valence-corrected chi connectivity index (χ4v) is 4.94. The number of fused-ring (bicyclic) bond motifs is 3. The fourth-order valence-electron chi connectivity index (χ4n) is 4.94. The van der Waals surface area contributed by atoms with Gasteiger partial charge in [-0.05, 0) is 35.1 Å². The Balaban J connectivity index is 1.41. The molecular weight excluding hydrogens is 436 g/mol. The van der Waals surface area contributed by atoms with Gasteiger partial charge in [-0.25, -0.2) is 4.79 Å². The molecule has 2 aromatic rings. The quantitative estimate of drug-likeness (QED) is 0.650. The molecule has 2 N–H and O–H groups in total. The highest BCUT2D eigenvalue weighted by atomic mass is 16.5. The molecule has 0 radical (unpaired) electrons. The predicted molar refractivity (Wildman–Crippen MR) is 125 cm³/mol. The second-order valence-electron chi connectivity index (χ2n) is 9.32. The number of carboxylic acids is 1. The van der Waals surface area contributed by atoms with E-state index in [1.807, 2.05) is 43.3 Å². The van der Waals surface area contributed by atoms with Crippen molar-refractivity contribution < 1.29 is 29.0 Å². The highest BCUT2D eigenvalue weighted by molar-refractivity contribution is 5.87. The highest BCUT2D eigenvalue weighted by Crippen LogP contribution is 2.44. The van der Waals surface area contributed by atoms with Crippen LogP contribution in [0.2, 0.25) is 0 Å². The Morgan fingerprint density at radius 2 is 1.71 bits per heavy atom. The number of alkyl carbamates (subject to hydrolysis) is 1. The van der Waals surface area contributed by atoms with E-state index in [4.69, 9.17) is 9.47 Å². The third-order valence-corrected chi connectivity index (χ3v) is 7.17. The van der Waals surface area contributed by atoms with Crippen LogP contribution in [0, 0.1) is 11.3 Å². The van der Waals surface area contributed by atoms with Crippen LogP contribution in [0.25, 0.3) is 11.1 Å². The molecule has 1 aliphatic carbocycles. The minimum atomic E-state index is -1.03. The van der Waals surface area contributed by atoms with Crippen molar-refractivity contribution in [3.63, 3.8) is 0 Å². The van der Waals surface area contributed by atoms with Crippen molar-refractivity contribution in [2.45, 2.75) is 25.8 Å². The van der Waals surface area contributed by atoms with Crippen molar-refractivity contribution in [2.24, 2.45) is 11.3 Å². The maximum Gasteiger partial charge on any atom is 0.407 e. The van der Waals surface area contributed by atoms with Gasteiger partial charge in [0.05, 0.1) is 12.0 Å². The molecule has 1 aliphatic heterocycles. The van der Waals surface area contributed by atoms with Crippen LogP contribution in [-0.2, 0) is 19.1 Å². The second kappa shape index (κ2) is 9.46. The van der Waals surface area contributed by atoms with E-state index < -0.39 is 23.5 Å². The van der Waals surface area contributed by atoms with E-state index in [0.29, 0.717) is 6.54 Å². The molecule has 180 valence electrons. The van der Waals surface area contributed by atoms with Crippen LogP contribution in [0.3, 0.4) is 0 Å². The average Bonchev–Trinajstić information content (AvgIpc) is 3.32. The zero-order valence-electron chi connectivity index (χ0n) is 19.6. The fraction of sp³-hybridized carbons (Fsp3) is 0.423. The number of hydrogen-bond donors (Lipinski definition) is 2. The summed E-state index contributed by atoms with van der Waals surface area (Å²) < 4.78 is 10.7. The van der Waals surface area contributed by atoms with Crippen molar-refractivity contribution >= 4 is 18.0 Å². The smallest absolute Gasteiger partial charge is 0.407 e. The third kappa shape index (κ3) is 4.25. The van der Waals surface area contributed by atoms with Crippen LogP contribution >= 0.6 is 0 Å². The zero-order valence-corrected chi connectivity index (χ0v) is 19.6. The number of nitrogens with zero attached hydrogens (tertiary/aromatic N) is 1. The lowest BCUT2D eigenvalue weighted by molar-refractivity contribution is -0.149. The first-order valence-corrected chi connectivity index (χ1v) is 11.4. The molecule has 0 saturated carbocycles. The minimum Gasteiger partial charge on any atom is -0.481 e. The number of nitrogens with one attached hydrogen (secondary N) is 1. The Morgan fingerprint density at radius 3 is 2.24 bits per heavy atom. The summed E-state index contributed by atoms with van der Waals surface area (Å²) in [5, 5.41) is 12.2. The van der Waals surface area contributed by atoms with Crippen LogP contribution in [-0.4, -0.2) is 67.4 Å². The Hall–Kier alpha value is -3.39. The number of carbonyl (C=O) groups is 3. The van der Waals surface area contributed by atoms with Gasteiger partial charge >= 0.3 is 12.1 Å². The molecule has 0 spiro atoms. The van der Waals surface area contributed by atoms with Gasteiger partial charge in [0.15, 0.2) is 0 Å². The van der Waals surface area contributed by atoms with Crippen molar-refractivity contribution in [2.75, 3.05) is 33.4 Å². The number of hydrogen-bond acceptors (Lipinski definition) is 5. The van der Waals surface area contributed by atoms with Gasteiger partial charge in [0, 0.05) is 26.1 Å². The summed E-state index contributed by atoms with van der Waals surface area (Å²) in [5.74, 6) is -1.63. The third-order valence-electron chi connectivity index (χ3n) is 7.17. The first-order chi connectivity index (χ1) is 16.3. The minimum absolute atomic E-state index is 0.0440. The number of aliphatic carboxylic acids is 1. The largest absolute Gasteiger partial charge is 0.481 e. The van der Waals surface area contributed by atoms with E-state index >= 15 is 0 Å². The van der Waals surface area contributed by atoms with Gasteiger partial charge in [0.25, 0.3) is 0 Å². The van der Waals surface area contributed by atoms with Crippen LogP contribution in [0.1, 0.15) is 30.9 Å². The van der Waals surface area contributed by atoms with Gasteiger partial charge in [-0.1, -0.05) is 55.5 Å². The summed E-state index contributed by atoms with van der Waals surface area (Å²) in [6.07, 6.45) is -0.717. The normalized spacial score (nSPS) is 22.1. The Bertz CT molecular complexity index is 1060. The topological polar surface area (TPSA) is 105 Å². The number of likely N-dealkylation sites (tertiary alicyclic amines) is 1. The number of rotatable bonds is 7. The Morgan fingerprint density at radius 1 is 1.12 bits per heavy atom. The molecule has 2 aliphatic rings. The van der Waals surface area contributed by atoms with Gasteiger partial charge in [-0.2, -0.15) is 0 Å². The summed E-state index contributed by atoms with van der Waals surface area (Å²) in [6.45, 7) is 3.91. The molecular formula is C26H30N2O6. The molecule has 2 aromatic carbocycles. The van der Waals surface area contributed by atoms with Gasteiger partial charge in [0.1, 0.15) is 12.6 Å². The van der Waals surface area contributed by atoms with Crippen LogP contribution < -0.4 is 5.32 Å². The van der Waals surface area contributed by atoms with Gasteiger partial charge in [-0.15, -0.1) is 0 Å². The monoisotopic (exact) mass is 466 g/mol. The Kier molecular flexibility index (Phi) is 6.61. The first kappa shape index (κ1) is 23.8. The van der Waals surface area contributed by atoms with Gasteiger partial charge in [-0.3, -0.25) is 9.59 Å². The lowest BCUT2D eigenvalue weighted by Crippen LogP contribution is -2.51. The summed E-state index contributed by atoms with van der Waals surface area (Å²) in [7, 11) is 1.44. The molecule has 0 bridgehead atoms. The van der Waals surface area contributed by atoms with E-state index in [9.17, 15) is 19.5 Å². The van der Waals surface area contributed by atoms with E-state index in [1.54, 1.807) is 6.92 Å². The average molecular weight is 467 g/mol. The number of ether oxygens (including phenoxy) is 2. The lowest BCUT2D eigenvalue weighted by atomic mass is 9.81. The summed E-state index contributed by atoms with van der Waals surface area (Å²) in [4.78, 5) is 39.0. The van der Waals surface area contributed by atoms with Crippen LogP contribution in [0.5, 0.6) is 0 Å². The molecule has 1 fully saturated rings. The maximum atomic E-state index is 13.1. The van der Waals surface area contributed by atoms with Crippen molar-refractivity contribution in [1.29, 1.82) is 0 Å². The van der Waals surface area contributed by atoms with E-state index in [2.05, 4.69) is 17.4 Å². The maximum absolute atomic E-state index is 13.1.